The second-order valence-electron chi connectivity index (χ2n) is 10.2. The predicted octanol–water partition coefficient (Wildman–Crippen LogP) is 9.14. The van der Waals surface area contributed by atoms with Gasteiger partial charge in [0.05, 0.1) is 6.61 Å². The van der Waals surface area contributed by atoms with Crippen molar-refractivity contribution in [3.05, 3.63) is 77.7 Å². The molecule has 3 aliphatic rings. The number of ether oxygens (including phenoxy) is 1. The van der Waals surface area contributed by atoms with Crippen molar-refractivity contribution < 1.29 is 17.9 Å². The van der Waals surface area contributed by atoms with Crippen LogP contribution in [-0.2, 0) is 0 Å². The van der Waals surface area contributed by atoms with Gasteiger partial charge in [0.25, 0.3) is 0 Å². The van der Waals surface area contributed by atoms with Gasteiger partial charge in [0.15, 0.2) is 5.83 Å². The summed E-state index contributed by atoms with van der Waals surface area (Å²) in [6.07, 6.45) is 15.8. The lowest BCUT2D eigenvalue weighted by atomic mass is 9.73. The molecule has 0 heterocycles. The Morgan fingerprint density at radius 3 is 2.32 bits per heavy atom. The highest BCUT2D eigenvalue weighted by molar-refractivity contribution is 5.41. The summed E-state index contributed by atoms with van der Waals surface area (Å²) < 4.78 is 49.7. The van der Waals surface area contributed by atoms with E-state index >= 15 is 0 Å². The number of allylic oxidation sites excluding steroid dienone is 7. The summed E-state index contributed by atoms with van der Waals surface area (Å²) in [5, 5.41) is 0. The molecule has 0 bridgehead atoms. The average molecular weight is 471 g/mol. The number of rotatable bonds is 7. The van der Waals surface area contributed by atoms with Crippen molar-refractivity contribution >= 4 is 0 Å². The van der Waals surface area contributed by atoms with Gasteiger partial charge in [-0.2, -0.15) is 0 Å². The molecule has 1 aromatic rings. The van der Waals surface area contributed by atoms with Crippen LogP contribution in [0.2, 0.25) is 0 Å². The summed E-state index contributed by atoms with van der Waals surface area (Å²) in [4.78, 5) is 0. The summed E-state index contributed by atoms with van der Waals surface area (Å²) >= 11 is 0. The van der Waals surface area contributed by atoms with E-state index in [1.807, 2.05) is 37.3 Å². The molecular formula is C30H37F3O. The lowest BCUT2D eigenvalue weighted by Gasteiger charge is -2.33. The molecule has 4 heteroatoms. The third-order valence-corrected chi connectivity index (χ3v) is 8.14. The topological polar surface area (TPSA) is 9.23 Å². The van der Waals surface area contributed by atoms with Crippen LogP contribution in [0, 0.1) is 29.5 Å². The van der Waals surface area contributed by atoms with Crippen LogP contribution in [0.3, 0.4) is 0 Å². The van der Waals surface area contributed by atoms with E-state index in [0.717, 1.165) is 56.9 Å². The summed E-state index contributed by atoms with van der Waals surface area (Å²) in [6.45, 7) is 6.27. The Bertz CT molecular complexity index is 944. The fourth-order valence-corrected chi connectivity index (χ4v) is 6.03. The zero-order valence-electron chi connectivity index (χ0n) is 20.2. The maximum atomic E-state index is 14.9. The molecule has 34 heavy (non-hydrogen) atoms. The van der Waals surface area contributed by atoms with Gasteiger partial charge < -0.3 is 4.74 Å². The summed E-state index contributed by atoms with van der Waals surface area (Å²) in [5.41, 5.74) is 1.14. The van der Waals surface area contributed by atoms with Gasteiger partial charge in [-0.25, -0.2) is 13.2 Å². The van der Waals surface area contributed by atoms with E-state index in [-0.39, 0.29) is 23.6 Å². The molecule has 2 fully saturated rings. The van der Waals surface area contributed by atoms with Gasteiger partial charge in [-0.1, -0.05) is 30.4 Å². The molecule has 0 radical (unpaired) electrons. The van der Waals surface area contributed by atoms with Crippen LogP contribution in [0.5, 0.6) is 5.75 Å². The number of halogens is 3. The molecule has 0 N–H and O–H groups in total. The second kappa shape index (κ2) is 11.5. The van der Waals surface area contributed by atoms with Gasteiger partial charge in [-0.15, -0.1) is 6.58 Å². The fourth-order valence-electron chi connectivity index (χ4n) is 6.03. The zero-order valence-corrected chi connectivity index (χ0v) is 20.2. The number of benzene rings is 1. The highest BCUT2D eigenvalue weighted by atomic mass is 19.2. The molecule has 0 spiro atoms. The summed E-state index contributed by atoms with van der Waals surface area (Å²) in [6, 6.07) is 5.16. The first-order valence-corrected chi connectivity index (χ1v) is 13.0. The Labute approximate surface area is 202 Å². The molecule has 1 atom stereocenters. The largest absolute Gasteiger partial charge is 0.494 e. The SMILES string of the molecule is C=CC1CCC(C2CC=C(/C=C/C3CCC(c4ccc(OCC)cc4F)CC3)C(F)=C2F)CC1. The van der Waals surface area contributed by atoms with Crippen molar-refractivity contribution in [1.82, 2.24) is 0 Å². The van der Waals surface area contributed by atoms with E-state index in [0.29, 0.717) is 36.2 Å². The molecule has 0 aliphatic heterocycles. The van der Waals surface area contributed by atoms with Gasteiger partial charge in [0.1, 0.15) is 17.4 Å². The fraction of sp³-hybridized carbons (Fsp3) is 0.533. The number of hydrogen-bond acceptors (Lipinski definition) is 1. The van der Waals surface area contributed by atoms with Gasteiger partial charge in [-0.05, 0) is 100 Å². The molecule has 4 rings (SSSR count). The Kier molecular flexibility index (Phi) is 8.39. The van der Waals surface area contributed by atoms with E-state index in [1.165, 1.54) is 6.07 Å². The summed E-state index contributed by atoms with van der Waals surface area (Å²) in [7, 11) is 0. The van der Waals surface area contributed by atoms with Crippen LogP contribution >= 0.6 is 0 Å². The maximum absolute atomic E-state index is 14.9. The van der Waals surface area contributed by atoms with Crippen molar-refractivity contribution in [2.45, 2.75) is 70.6 Å². The quantitative estimate of drug-likeness (QED) is 0.361. The van der Waals surface area contributed by atoms with Crippen LogP contribution in [0.25, 0.3) is 0 Å². The van der Waals surface area contributed by atoms with Crippen molar-refractivity contribution in [2.75, 3.05) is 6.61 Å². The molecule has 0 saturated heterocycles. The Morgan fingerprint density at radius 1 is 0.971 bits per heavy atom. The highest BCUT2D eigenvalue weighted by Crippen LogP contribution is 2.44. The average Bonchev–Trinajstić information content (AvgIpc) is 2.86. The highest BCUT2D eigenvalue weighted by Gasteiger charge is 2.33. The molecule has 2 saturated carbocycles. The standard InChI is InChI=1S/C30H37F3O/c1-3-20-5-10-23(11-6-20)27-17-15-24(29(32)30(27)33)14-9-21-7-12-22(13-8-21)26-18-16-25(34-4-2)19-28(26)31/h3,9,14-16,18-23,27H,1,4-8,10-13,17H2,2H3/b14-9+. The normalized spacial score (nSPS) is 30.4. The van der Waals surface area contributed by atoms with E-state index < -0.39 is 11.7 Å². The molecule has 3 aliphatic carbocycles. The summed E-state index contributed by atoms with van der Waals surface area (Å²) in [5.74, 6) is 0.0621. The Morgan fingerprint density at radius 2 is 1.68 bits per heavy atom. The minimum Gasteiger partial charge on any atom is -0.494 e. The molecule has 1 aromatic carbocycles. The van der Waals surface area contributed by atoms with Crippen LogP contribution in [0.4, 0.5) is 13.2 Å². The minimum atomic E-state index is -0.677. The molecular weight excluding hydrogens is 433 g/mol. The smallest absolute Gasteiger partial charge is 0.161 e. The lowest BCUT2D eigenvalue weighted by molar-refractivity contribution is 0.218. The number of hydrogen-bond donors (Lipinski definition) is 0. The molecule has 1 nitrogen and oxygen atoms in total. The molecule has 0 aromatic heterocycles. The van der Waals surface area contributed by atoms with Crippen LogP contribution < -0.4 is 4.74 Å². The Balaban J connectivity index is 1.31. The third kappa shape index (κ3) is 5.70. The van der Waals surface area contributed by atoms with E-state index in [9.17, 15) is 13.2 Å². The van der Waals surface area contributed by atoms with Gasteiger partial charge in [0, 0.05) is 17.6 Å². The van der Waals surface area contributed by atoms with Crippen LogP contribution in [0.1, 0.15) is 76.2 Å². The van der Waals surface area contributed by atoms with E-state index in [2.05, 4.69) is 6.58 Å². The van der Waals surface area contributed by atoms with E-state index in [1.54, 1.807) is 6.08 Å². The van der Waals surface area contributed by atoms with Gasteiger partial charge in [-0.3, -0.25) is 0 Å². The van der Waals surface area contributed by atoms with Crippen LogP contribution in [-0.4, -0.2) is 6.61 Å². The van der Waals surface area contributed by atoms with Crippen LogP contribution in [0.15, 0.2) is 66.3 Å². The second-order valence-corrected chi connectivity index (χ2v) is 10.2. The molecule has 184 valence electrons. The minimum absolute atomic E-state index is 0.195. The predicted molar refractivity (Wildman–Crippen MR) is 132 cm³/mol. The van der Waals surface area contributed by atoms with Crippen molar-refractivity contribution in [3.63, 3.8) is 0 Å². The van der Waals surface area contributed by atoms with Crippen molar-refractivity contribution in [3.8, 4) is 5.75 Å². The Hall–Kier alpha value is -2.23. The van der Waals surface area contributed by atoms with Crippen molar-refractivity contribution in [2.24, 2.45) is 23.7 Å². The zero-order chi connectivity index (χ0) is 24.1. The lowest BCUT2D eigenvalue weighted by Crippen LogP contribution is -2.23. The van der Waals surface area contributed by atoms with Crippen molar-refractivity contribution in [1.29, 1.82) is 0 Å². The third-order valence-electron chi connectivity index (χ3n) is 8.14. The molecule has 0 amide bonds. The van der Waals surface area contributed by atoms with Gasteiger partial charge in [0.2, 0.25) is 0 Å². The maximum Gasteiger partial charge on any atom is 0.161 e. The molecule has 1 unspecified atom stereocenters. The van der Waals surface area contributed by atoms with E-state index in [4.69, 9.17) is 4.74 Å². The van der Waals surface area contributed by atoms with Gasteiger partial charge >= 0.3 is 0 Å². The monoisotopic (exact) mass is 470 g/mol. The first-order chi connectivity index (χ1) is 16.5. The first-order valence-electron chi connectivity index (χ1n) is 13.0. The first kappa shape index (κ1) is 24.9.